The molecule has 2 nitrogen and oxygen atoms in total. The summed E-state index contributed by atoms with van der Waals surface area (Å²) in [5, 5.41) is 8.72. The van der Waals surface area contributed by atoms with E-state index in [1.54, 1.807) is 0 Å². The molecule has 0 aliphatic heterocycles. The molecular formula is C11H13BrO2. The lowest BCUT2D eigenvalue weighted by Crippen LogP contribution is -2.15. The van der Waals surface area contributed by atoms with E-state index < -0.39 is 10.8 Å². The maximum atomic E-state index is 10.6. The zero-order chi connectivity index (χ0) is 10.7. The molecule has 0 saturated carbocycles. The van der Waals surface area contributed by atoms with Crippen LogP contribution in [0, 0.1) is 13.8 Å². The van der Waals surface area contributed by atoms with Gasteiger partial charge < -0.3 is 5.11 Å². The number of hydrogen-bond donors (Lipinski definition) is 1. The highest BCUT2D eigenvalue weighted by Crippen LogP contribution is 2.14. The van der Waals surface area contributed by atoms with Gasteiger partial charge in [0, 0.05) is 0 Å². The van der Waals surface area contributed by atoms with Crippen molar-refractivity contribution >= 4 is 21.9 Å². The Balaban J connectivity index is 2.78. The lowest BCUT2D eigenvalue weighted by Gasteiger charge is -2.07. The maximum Gasteiger partial charge on any atom is 0.317 e. The second kappa shape index (κ2) is 4.60. The normalized spacial score (nSPS) is 12.5. The zero-order valence-corrected chi connectivity index (χ0v) is 9.84. The Kier molecular flexibility index (Phi) is 3.69. The number of rotatable bonds is 3. The zero-order valence-electron chi connectivity index (χ0n) is 8.25. The van der Waals surface area contributed by atoms with Crippen molar-refractivity contribution in [1.29, 1.82) is 0 Å². The molecule has 14 heavy (non-hydrogen) atoms. The summed E-state index contributed by atoms with van der Waals surface area (Å²) in [6.45, 7) is 4.07. The van der Waals surface area contributed by atoms with Gasteiger partial charge in [-0.25, -0.2) is 0 Å². The van der Waals surface area contributed by atoms with Crippen LogP contribution in [0.4, 0.5) is 0 Å². The van der Waals surface area contributed by atoms with Crippen LogP contribution in [-0.2, 0) is 11.2 Å². The number of aryl methyl sites for hydroxylation is 2. The Labute approximate surface area is 92.1 Å². The van der Waals surface area contributed by atoms with Gasteiger partial charge in [0.2, 0.25) is 0 Å². The molecule has 0 aromatic heterocycles. The fourth-order valence-electron chi connectivity index (χ4n) is 1.22. The van der Waals surface area contributed by atoms with Gasteiger partial charge >= 0.3 is 5.97 Å². The lowest BCUT2D eigenvalue weighted by atomic mass is 10.0. The standard InChI is InChI=1S/C11H13BrO2/c1-7-3-4-9(5-8(7)2)6-10(12)11(13)14/h3-5,10H,6H2,1-2H3,(H,13,14)/t10-/m0/s1. The highest BCUT2D eigenvalue weighted by molar-refractivity contribution is 9.10. The first-order chi connectivity index (χ1) is 6.50. The quantitative estimate of drug-likeness (QED) is 0.845. The van der Waals surface area contributed by atoms with Crippen LogP contribution in [0.5, 0.6) is 0 Å². The maximum absolute atomic E-state index is 10.6. The van der Waals surface area contributed by atoms with Crippen LogP contribution < -0.4 is 0 Å². The molecule has 0 amide bonds. The molecule has 1 rings (SSSR count). The van der Waals surface area contributed by atoms with Gasteiger partial charge in [-0.1, -0.05) is 34.1 Å². The van der Waals surface area contributed by atoms with E-state index in [0.717, 1.165) is 5.56 Å². The smallest absolute Gasteiger partial charge is 0.317 e. The summed E-state index contributed by atoms with van der Waals surface area (Å²) in [5.41, 5.74) is 3.49. The molecule has 0 bridgehead atoms. The van der Waals surface area contributed by atoms with Gasteiger partial charge in [-0.15, -0.1) is 0 Å². The number of benzene rings is 1. The number of aliphatic carboxylic acids is 1. The molecule has 1 aromatic carbocycles. The Hall–Kier alpha value is -0.830. The Morgan fingerprint density at radius 2 is 2.07 bits per heavy atom. The van der Waals surface area contributed by atoms with E-state index in [9.17, 15) is 4.79 Å². The minimum absolute atomic E-state index is 0.496. The summed E-state index contributed by atoms with van der Waals surface area (Å²) in [7, 11) is 0. The molecule has 0 spiro atoms. The number of carboxylic acids is 1. The third-order valence-electron chi connectivity index (χ3n) is 2.25. The number of halogens is 1. The predicted octanol–water partition coefficient (Wildman–Crippen LogP) is 2.69. The van der Waals surface area contributed by atoms with Gasteiger partial charge in [0.25, 0.3) is 0 Å². The number of hydrogen-bond acceptors (Lipinski definition) is 1. The molecule has 0 fully saturated rings. The van der Waals surface area contributed by atoms with Crippen molar-refractivity contribution in [2.45, 2.75) is 25.1 Å². The highest BCUT2D eigenvalue weighted by Gasteiger charge is 2.13. The molecule has 1 atom stereocenters. The van der Waals surface area contributed by atoms with Crippen LogP contribution in [0.2, 0.25) is 0 Å². The molecule has 1 aromatic rings. The van der Waals surface area contributed by atoms with Crippen molar-refractivity contribution in [3.05, 3.63) is 34.9 Å². The summed E-state index contributed by atoms with van der Waals surface area (Å²) < 4.78 is 0. The SMILES string of the molecule is Cc1ccc(C[C@H](Br)C(=O)O)cc1C. The van der Waals surface area contributed by atoms with Crippen LogP contribution in [0.15, 0.2) is 18.2 Å². The molecule has 3 heteroatoms. The van der Waals surface area contributed by atoms with Gasteiger partial charge in [0.15, 0.2) is 0 Å². The summed E-state index contributed by atoms with van der Waals surface area (Å²) >= 11 is 3.12. The minimum Gasteiger partial charge on any atom is -0.480 e. The van der Waals surface area contributed by atoms with Gasteiger partial charge in [0.05, 0.1) is 0 Å². The monoisotopic (exact) mass is 256 g/mol. The van der Waals surface area contributed by atoms with Gasteiger partial charge in [0.1, 0.15) is 4.83 Å². The average molecular weight is 257 g/mol. The van der Waals surface area contributed by atoms with Gasteiger partial charge in [-0.2, -0.15) is 0 Å². The molecule has 0 heterocycles. The largest absolute Gasteiger partial charge is 0.480 e. The van der Waals surface area contributed by atoms with Gasteiger partial charge in [-0.05, 0) is 37.0 Å². The van der Waals surface area contributed by atoms with Crippen LogP contribution >= 0.6 is 15.9 Å². The Morgan fingerprint density at radius 1 is 1.43 bits per heavy atom. The van der Waals surface area contributed by atoms with E-state index >= 15 is 0 Å². The lowest BCUT2D eigenvalue weighted by molar-refractivity contribution is -0.136. The number of carboxylic acid groups (broad SMARTS) is 1. The Bertz CT molecular complexity index is 347. The van der Waals surface area contributed by atoms with Crippen LogP contribution in [0.25, 0.3) is 0 Å². The topological polar surface area (TPSA) is 37.3 Å². The summed E-state index contributed by atoms with van der Waals surface area (Å²) in [6, 6.07) is 6.03. The first-order valence-electron chi connectivity index (χ1n) is 4.43. The van der Waals surface area contributed by atoms with E-state index in [4.69, 9.17) is 5.11 Å². The van der Waals surface area contributed by atoms with Crippen molar-refractivity contribution in [3.63, 3.8) is 0 Å². The molecule has 0 radical (unpaired) electrons. The van der Waals surface area contributed by atoms with Gasteiger partial charge in [-0.3, -0.25) is 4.79 Å². The van der Waals surface area contributed by atoms with E-state index in [1.807, 2.05) is 32.0 Å². The molecule has 0 aliphatic carbocycles. The second-order valence-electron chi connectivity index (χ2n) is 3.43. The molecule has 76 valence electrons. The fraction of sp³-hybridized carbons (Fsp3) is 0.364. The molecule has 0 aliphatic rings. The molecule has 0 unspecified atom stereocenters. The molecule has 1 N–H and O–H groups in total. The molecular weight excluding hydrogens is 244 g/mol. The third-order valence-corrected chi connectivity index (χ3v) is 2.97. The average Bonchev–Trinajstić information content (AvgIpc) is 2.11. The van der Waals surface area contributed by atoms with Crippen molar-refractivity contribution in [3.8, 4) is 0 Å². The van der Waals surface area contributed by atoms with Crippen molar-refractivity contribution < 1.29 is 9.90 Å². The van der Waals surface area contributed by atoms with Crippen LogP contribution in [-0.4, -0.2) is 15.9 Å². The third kappa shape index (κ3) is 2.84. The first kappa shape index (κ1) is 11.2. The van der Waals surface area contributed by atoms with Crippen LogP contribution in [0.1, 0.15) is 16.7 Å². The second-order valence-corrected chi connectivity index (χ2v) is 4.53. The number of carbonyl (C=O) groups is 1. The van der Waals surface area contributed by atoms with E-state index in [-0.39, 0.29) is 0 Å². The molecule has 0 saturated heterocycles. The van der Waals surface area contributed by atoms with Crippen molar-refractivity contribution in [2.24, 2.45) is 0 Å². The highest BCUT2D eigenvalue weighted by atomic mass is 79.9. The minimum atomic E-state index is -0.816. The van der Waals surface area contributed by atoms with Crippen molar-refractivity contribution in [2.75, 3.05) is 0 Å². The van der Waals surface area contributed by atoms with E-state index in [1.165, 1.54) is 11.1 Å². The summed E-state index contributed by atoms with van der Waals surface area (Å²) in [4.78, 5) is 10.1. The Morgan fingerprint density at radius 3 is 2.57 bits per heavy atom. The van der Waals surface area contributed by atoms with E-state index in [0.29, 0.717) is 6.42 Å². The summed E-state index contributed by atoms with van der Waals surface area (Å²) in [5.74, 6) is -0.816. The first-order valence-corrected chi connectivity index (χ1v) is 5.35. The fourth-order valence-corrected chi connectivity index (χ4v) is 1.60. The van der Waals surface area contributed by atoms with E-state index in [2.05, 4.69) is 15.9 Å². The van der Waals surface area contributed by atoms with Crippen LogP contribution in [0.3, 0.4) is 0 Å². The number of alkyl halides is 1. The van der Waals surface area contributed by atoms with Crippen molar-refractivity contribution in [1.82, 2.24) is 0 Å². The summed E-state index contributed by atoms with van der Waals surface area (Å²) in [6.07, 6.45) is 0.524. The predicted molar refractivity (Wildman–Crippen MR) is 60.0 cm³/mol.